The Morgan fingerprint density at radius 1 is 0.933 bits per heavy atom. The summed E-state index contributed by atoms with van der Waals surface area (Å²) in [6, 6.07) is 0. The van der Waals surface area contributed by atoms with Crippen molar-refractivity contribution in [1.82, 2.24) is 0 Å². The van der Waals surface area contributed by atoms with Crippen LogP contribution in [0.3, 0.4) is 0 Å². The monoisotopic (exact) mass is 222 g/mol. The van der Waals surface area contributed by atoms with Crippen molar-refractivity contribution < 1.29 is 43.2 Å². The Balaban J connectivity index is 3.88. The minimum absolute atomic E-state index is 0.0499. The summed E-state index contributed by atoms with van der Waals surface area (Å²) in [6.45, 7) is 1.40. The highest BCUT2D eigenvalue weighted by Gasteiger charge is 2.20. The zero-order chi connectivity index (χ0) is 11.8. The van der Waals surface area contributed by atoms with Gasteiger partial charge in [0.25, 0.3) is 0 Å². The van der Waals surface area contributed by atoms with E-state index < -0.39 is 24.6 Å². The van der Waals surface area contributed by atoms with Crippen LogP contribution in [-0.2, 0) is 18.9 Å². The highest BCUT2D eigenvalue weighted by molar-refractivity contribution is 5.86. The van der Waals surface area contributed by atoms with Gasteiger partial charge in [0.2, 0.25) is 0 Å². The topological polar surface area (TPSA) is 125 Å². The van der Waals surface area contributed by atoms with Crippen molar-refractivity contribution in [3.05, 3.63) is 0 Å². The van der Waals surface area contributed by atoms with Crippen LogP contribution in [0.25, 0.3) is 0 Å². The second-order valence-corrected chi connectivity index (χ2v) is 1.76. The molecular weight excluding hydrogens is 216 g/mol. The Morgan fingerprint density at radius 3 is 1.87 bits per heavy atom. The maximum absolute atomic E-state index is 10.5. The molecule has 0 saturated heterocycles. The molecule has 0 aliphatic carbocycles. The van der Waals surface area contributed by atoms with E-state index in [1.165, 1.54) is 6.92 Å². The molecule has 0 aliphatic rings. The molecule has 0 saturated carbocycles. The predicted molar refractivity (Wildman–Crippen MR) is 39.1 cm³/mol. The standard InChI is InChI=1S/C6H6O9/c1-2-12-4(9)14-6(11)15-5(10)13-3(7)8/h2H2,1H3,(H,7,8). The summed E-state index contributed by atoms with van der Waals surface area (Å²) in [5, 5.41) is 7.90. The summed E-state index contributed by atoms with van der Waals surface area (Å²) >= 11 is 0. The Hall–Kier alpha value is -2.32. The van der Waals surface area contributed by atoms with E-state index in [4.69, 9.17) is 5.11 Å². The van der Waals surface area contributed by atoms with Crippen LogP contribution in [0.2, 0.25) is 0 Å². The fourth-order valence-electron chi connectivity index (χ4n) is 0.396. The first-order valence-corrected chi connectivity index (χ1v) is 3.46. The largest absolute Gasteiger partial charge is 0.528 e. The lowest BCUT2D eigenvalue weighted by molar-refractivity contribution is 0.0324. The molecule has 1 N–H and O–H groups in total. The SMILES string of the molecule is CCOC(=O)OC(=O)OC(=O)OC(=O)O. The Morgan fingerprint density at radius 2 is 1.40 bits per heavy atom. The number of ether oxygens (including phenoxy) is 4. The fourth-order valence-corrected chi connectivity index (χ4v) is 0.396. The zero-order valence-corrected chi connectivity index (χ0v) is 7.42. The average Bonchev–Trinajstić information content (AvgIpc) is 2.00. The molecule has 0 aromatic rings. The molecule has 0 bridgehead atoms. The van der Waals surface area contributed by atoms with Crippen molar-refractivity contribution >= 4 is 24.6 Å². The Labute approximate surface area is 82.5 Å². The van der Waals surface area contributed by atoms with Gasteiger partial charge in [0, 0.05) is 0 Å². The predicted octanol–water partition coefficient (Wildman–Crippen LogP) is 1.11. The van der Waals surface area contributed by atoms with Crippen molar-refractivity contribution in [3.8, 4) is 0 Å². The van der Waals surface area contributed by atoms with E-state index in [0.29, 0.717) is 0 Å². The van der Waals surface area contributed by atoms with Crippen molar-refractivity contribution in [3.63, 3.8) is 0 Å². The first-order valence-electron chi connectivity index (χ1n) is 3.46. The summed E-state index contributed by atoms with van der Waals surface area (Å²) in [6.07, 6.45) is -6.94. The van der Waals surface area contributed by atoms with Crippen molar-refractivity contribution in [2.45, 2.75) is 6.92 Å². The Bertz CT molecular complexity index is 280. The fraction of sp³-hybridized carbons (Fsp3) is 0.333. The molecule has 0 radical (unpaired) electrons. The van der Waals surface area contributed by atoms with Gasteiger partial charge in [-0.1, -0.05) is 0 Å². The van der Waals surface area contributed by atoms with Gasteiger partial charge in [-0.15, -0.1) is 0 Å². The van der Waals surface area contributed by atoms with Crippen LogP contribution < -0.4 is 0 Å². The minimum atomic E-state index is -1.97. The lowest BCUT2D eigenvalue weighted by Crippen LogP contribution is -2.20. The number of carbonyl (C=O) groups excluding carboxylic acids is 3. The van der Waals surface area contributed by atoms with Crippen LogP contribution in [0.1, 0.15) is 6.92 Å². The summed E-state index contributed by atoms with van der Waals surface area (Å²) in [5.74, 6) is 0. The third-order valence-electron chi connectivity index (χ3n) is 0.766. The molecule has 9 nitrogen and oxygen atoms in total. The maximum Gasteiger partial charge on any atom is 0.528 e. The molecule has 0 heterocycles. The second-order valence-electron chi connectivity index (χ2n) is 1.76. The van der Waals surface area contributed by atoms with Gasteiger partial charge in [-0.3, -0.25) is 0 Å². The smallest absolute Gasteiger partial charge is 0.449 e. The van der Waals surface area contributed by atoms with E-state index in [-0.39, 0.29) is 6.61 Å². The van der Waals surface area contributed by atoms with Gasteiger partial charge in [-0.05, 0) is 6.92 Å². The summed E-state index contributed by atoms with van der Waals surface area (Å²) in [5.41, 5.74) is 0. The van der Waals surface area contributed by atoms with E-state index in [0.717, 1.165) is 0 Å². The maximum atomic E-state index is 10.5. The Kier molecular flexibility index (Phi) is 5.23. The molecule has 0 amide bonds. The van der Waals surface area contributed by atoms with Crippen LogP contribution in [0.5, 0.6) is 0 Å². The van der Waals surface area contributed by atoms with Gasteiger partial charge in [0.1, 0.15) is 0 Å². The lowest BCUT2D eigenvalue weighted by Gasteiger charge is -2.01. The van der Waals surface area contributed by atoms with E-state index in [2.05, 4.69) is 18.9 Å². The van der Waals surface area contributed by atoms with Crippen molar-refractivity contribution in [1.29, 1.82) is 0 Å². The number of rotatable bonds is 1. The summed E-state index contributed by atoms with van der Waals surface area (Å²) in [7, 11) is 0. The normalized spacial score (nSPS) is 8.60. The van der Waals surface area contributed by atoms with Crippen molar-refractivity contribution in [2.24, 2.45) is 0 Å². The lowest BCUT2D eigenvalue weighted by atomic mass is 10.9. The van der Waals surface area contributed by atoms with Gasteiger partial charge in [0.15, 0.2) is 0 Å². The van der Waals surface area contributed by atoms with E-state index in [9.17, 15) is 19.2 Å². The third kappa shape index (κ3) is 6.81. The number of carboxylic acid groups (broad SMARTS) is 1. The van der Waals surface area contributed by atoms with E-state index in [1.54, 1.807) is 0 Å². The summed E-state index contributed by atoms with van der Waals surface area (Å²) in [4.78, 5) is 41.0. The molecule has 0 rings (SSSR count). The third-order valence-corrected chi connectivity index (χ3v) is 0.766. The van der Waals surface area contributed by atoms with Gasteiger partial charge >= 0.3 is 24.6 Å². The molecule has 15 heavy (non-hydrogen) atoms. The minimum Gasteiger partial charge on any atom is -0.449 e. The van der Waals surface area contributed by atoms with Crippen LogP contribution in [0.4, 0.5) is 19.2 Å². The number of hydrogen-bond donors (Lipinski definition) is 1. The van der Waals surface area contributed by atoms with Gasteiger partial charge in [-0.2, -0.15) is 0 Å². The van der Waals surface area contributed by atoms with Crippen LogP contribution in [0.15, 0.2) is 0 Å². The molecular formula is C6H6O9. The number of hydrogen-bond acceptors (Lipinski definition) is 8. The highest BCUT2D eigenvalue weighted by Crippen LogP contribution is 1.93. The molecule has 0 atom stereocenters. The number of carbonyl (C=O) groups is 4. The van der Waals surface area contributed by atoms with E-state index in [1.807, 2.05) is 0 Å². The second kappa shape index (κ2) is 6.18. The highest BCUT2D eigenvalue weighted by atomic mass is 16.9. The molecule has 84 valence electrons. The molecule has 0 unspecified atom stereocenters. The summed E-state index contributed by atoms with van der Waals surface area (Å²) < 4.78 is 14.8. The molecule has 0 aromatic carbocycles. The average molecular weight is 222 g/mol. The van der Waals surface area contributed by atoms with Crippen LogP contribution in [-0.4, -0.2) is 36.3 Å². The molecule has 0 aromatic heterocycles. The molecule has 9 heteroatoms. The molecule has 0 spiro atoms. The van der Waals surface area contributed by atoms with E-state index >= 15 is 0 Å². The molecule has 0 fully saturated rings. The van der Waals surface area contributed by atoms with Crippen molar-refractivity contribution in [2.75, 3.05) is 6.61 Å². The van der Waals surface area contributed by atoms with Crippen LogP contribution in [0, 0.1) is 0 Å². The first kappa shape index (κ1) is 12.7. The van der Waals surface area contributed by atoms with Crippen LogP contribution >= 0.6 is 0 Å². The first-order chi connectivity index (χ1) is 6.95. The molecule has 0 aliphatic heterocycles. The zero-order valence-electron chi connectivity index (χ0n) is 7.42. The van der Waals surface area contributed by atoms with Gasteiger partial charge in [0.05, 0.1) is 6.61 Å². The quantitative estimate of drug-likeness (QED) is 0.512. The van der Waals surface area contributed by atoms with Gasteiger partial charge in [-0.25, -0.2) is 19.2 Å². The van der Waals surface area contributed by atoms with Gasteiger partial charge < -0.3 is 24.1 Å².